The van der Waals surface area contributed by atoms with E-state index in [1.807, 2.05) is 6.92 Å². The molecule has 17 heteroatoms. The first-order chi connectivity index (χ1) is 20.7. The average molecular weight is 634 g/mol. The number of nitrogens with zero attached hydrogens (tertiary/aromatic N) is 1. The summed E-state index contributed by atoms with van der Waals surface area (Å²) in [7, 11) is -0.497. The van der Waals surface area contributed by atoms with Crippen molar-refractivity contribution in [1.29, 1.82) is 0 Å². The smallest absolute Gasteiger partial charge is 0.423 e. The van der Waals surface area contributed by atoms with Crippen molar-refractivity contribution in [3.8, 4) is 0 Å². The fourth-order valence-corrected chi connectivity index (χ4v) is 3.39. The molecule has 246 valence electrons. The van der Waals surface area contributed by atoms with Crippen molar-refractivity contribution in [3.63, 3.8) is 0 Å². The summed E-state index contributed by atoms with van der Waals surface area (Å²) >= 11 is 0. The molecule has 44 heavy (non-hydrogen) atoms. The lowest BCUT2D eigenvalue weighted by atomic mass is 9.79. The second kappa shape index (κ2) is 21.1. The summed E-state index contributed by atoms with van der Waals surface area (Å²) in [6.45, 7) is 3.41. The maximum Gasteiger partial charge on any atom is 0.491 e. The van der Waals surface area contributed by atoms with Crippen LogP contribution in [0, 0.1) is 11.6 Å². The van der Waals surface area contributed by atoms with Crippen LogP contribution in [0.15, 0.2) is 36.4 Å². The molecule has 0 radical (unpaired) electrons. The van der Waals surface area contributed by atoms with E-state index in [4.69, 9.17) is 27.2 Å². The summed E-state index contributed by atoms with van der Waals surface area (Å²) in [5, 5.41) is 22.2. The topological polar surface area (TPSA) is 197 Å². The van der Waals surface area contributed by atoms with Gasteiger partial charge in [-0.05, 0) is 42.7 Å². The Hall–Kier alpha value is -3.64. The minimum absolute atomic E-state index is 0.0764. The predicted molar refractivity (Wildman–Crippen MR) is 158 cm³/mol. The van der Waals surface area contributed by atoms with Crippen LogP contribution >= 0.6 is 0 Å². The van der Waals surface area contributed by atoms with Gasteiger partial charge in [-0.15, -0.1) is 0 Å². The van der Waals surface area contributed by atoms with E-state index in [-0.39, 0.29) is 31.0 Å². The number of anilines is 1. The standard InChI is InChI=1S/C11H23N5O3.C9H9F3.C7H8BF2NO2/c12-3-6-16(7-4-13)10(18)2-1-9(14)11(19)15-5-8-17;1-2-7-3-5-8(6-4-7)9(10,11)12;1-11-4-2-5(8(12)13)7(10)6(9)3-4/h8-9H,1-7,12-14H2,(H,15,19);3-6H,2H2,1H3;2-3,11-13H,1H3. The molecule has 0 saturated carbocycles. The van der Waals surface area contributed by atoms with Crippen LogP contribution < -0.4 is 33.3 Å². The maximum atomic E-state index is 12.8. The van der Waals surface area contributed by atoms with Gasteiger partial charge < -0.3 is 47.6 Å². The van der Waals surface area contributed by atoms with Crippen molar-refractivity contribution >= 4 is 36.4 Å². The summed E-state index contributed by atoms with van der Waals surface area (Å²) < 4.78 is 61.7. The number of nitrogens with one attached hydrogen (secondary N) is 2. The second-order valence-electron chi connectivity index (χ2n) is 9.05. The van der Waals surface area contributed by atoms with Crippen LogP contribution in [0.4, 0.5) is 27.6 Å². The van der Waals surface area contributed by atoms with Crippen molar-refractivity contribution in [2.24, 2.45) is 17.2 Å². The summed E-state index contributed by atoms with van der Waals surface area (Å²) in [5.74, 6) is -2.93. The van der Waals surface area contributed by atoms with Crippen molar-refractivity contribution in [3.05, 3.63) is 59.2 Å². The zero-order chi connectivity index (χ0) is 33.9. The minimum Gasteiger partial charge on any atom is -0.423 e. The number of hydrogen-bond acceptors (Lipinski definition) is 9. The van der Waals surface area contributed by atoms with E-state index in [0.29, 0.717) is 32.5 Å². The zero-order valence-electron chi connectivity index (χ0n) is 24.5. The molecule has 0 aliphatic heterocycles. The molecule has 0 heterocycles. The third-order valence-electron chi connectivity index (χ3n) is 5.83. The molecule has 1 unspecified atom stereocenters. The maximum absolute atomic E-state index is 12.8. The van der Waals surface area contributed by atoms with Gasteiger partial charge in [0.05, 0.1) is 18.2 Å². The van der Waals surface area contributed by atoms with Crippen LogP contribution in [-0.4, -0.2) is 86.0 Å². The van der Waals surface area contributed by atoms with E-state index in [1.54, 1.807) is 4.90 Å². The molecular weight excluding hydrogens is 594 g/mol. The van der Waals surface area contributed by atoms with E-state index >= 15 is 0 Å². The largest absolute Gasteiger partial charge is 0.491 e. The van der Waals surface area contributed by atoms with Crippen molar-refractivity contribution in [1.82, 2.24) is 10.2 Å². The third-order valence-corrected chi connectivity index (χ3v) is 5.83. The summed E-state index contributed by atoms with van der Waals surface area (Å²) in [6, 6.07) is 6.48. The number of carbonyl (C=O) groups excluding carboxylic acids is 3. The molecule has 1 atom stereocenters. The first kappa shape index (κ1) is 40.4. The van der Waals surface area contributed by atoms with Crippen LogP contribution in [0.25, 0.3) is 0 Å². The van der Waals surface area contributed by atoms with Crippen LogP contribution in [0.3, 0.4) is 0 Å². The van der Waals surface area contributed by atoms with Gasteiger partial charge in [0, 0.05) is 50.8 Å². The molecule has 0 aliphatic carbocycles. The number of nitrogens with two attached hydrogens (primary N) is 3. The number of amides is 2. The molecule has 0 aliphatic rings. The summed E-state index contributed by atoms with van der Waals surface area (Å²) in [4.78, 5) is 34.9. The SMILES string of the molecule is CCc1ccc(C(F)(F)F)cc1.CNc1cc(F)c(F)c(B(O)O)c1.NCCN(CCN)C(=O)CCC(N)C(=O)NCC=O. The van der Waals surface area contributed by atoms with Crippen molar-refractivity contribution in [2.75, 3.05) is 45.1 Å². The van der Waals surface area contributed by atoms with Gasteiger partial charge in [0.2, 0.25) is 11.8 Å². The lowest BCUT2D eigenvalue weighted by Gasteiger charge is -2.21. The highest BCUT2D eigenvalue weighted by Crippen LogP contribution is 2.29. The Kier molecular flexibility index (Phi) is 19.4. The fourth-order valence-electron chi connectivity index (χ4n) is 3.39. The Bertz CT molecular complexity index is 1150. The van der Waals surface area contributed by atoms with E-state index < -0.39 is 47.9 Å². The first-order valence-corrected chi connectivity index (χ1v) is 13.5. The van der Waals surface area contributed by atoms with E-state index in [0.717, 1.165) is 36.2 Å². The lowest BCUT2D eigenvalue weighted by molar-refractivity contribution is -0.137. The van der Waals surface area contributed by atoms with Crippen LogP contribution in [0.2, 0.25) is 0 Å². The average Bonchev–Trinajstić information content (AvgIpc) is 2.99. The van der Waals surface area contributed by atoms with Gasteiger partial charge in [0.25, 0.3) is 0 Å². The van der Waals surface area contributed by atoms with Crippen molar-refractivity contribution < 1.29 is 46.4 Å². The molecule has 0 fully saturated rings. The number of hydrogen-bond donors (Lipinski definition) is 7. The molecule has 2 rings (SSSR count). The summed E-state index contributed by atoms with van der Waals surface area (Å²) in [6.07, 6.45) is -2.52. The number of rotatable bonds is 13. The number of aldehydes is 1. The van der Waals surface area contributed by atoms with E-state index in [1.165, 1.54) is 19.2 Å². The van der Waals surface area contributed by atoms with Gasteiger partial charge in [-0.2, -0.15) is 13.2 Å². The molecule has 11 nitrogen and oxygen atoms in total. The lowest BCUT2D eigenvalue weighted by Crippen LogP contribution is -2.43. The summed E-state index contributed by atoms with van der Waals surface area (Å²) in [5.41, 5.74) is 16.5. The Morgan fingerprint density at radius 3 is 2.07 bits per heavy atom. The van der Waals surface area contributed by atoms with Crippen molar-refractivity contribution in [2.45, 2.75) is 38.4 Å². The normalized spacial score (nSPS) is 11.2. The molecule has 0 saturated heterocycles. The number of halogens is 5. The number of aryl methyl sites for hydroxylation is 1. The molecule has 2 aromatic carbocycles. The third kappa shape index (κ3) is 15.2. The Balaban J connectivity index is 0.000000651. The van der Waals surface area contributed by atoms with Gasteiger partial charge in [0.1, 0.15) is 6.29 Å². The molecule has 0 aromatic heterocycles. The number of benzene rings is 2. The van der Waals surface area contributed by atoms with E-state index in [2.05, 4.69) is 10.6 Å². The van der Waals surface area contributed by atoms with E-state index in [9.17, 15) is 36.3 Å². The highest BCUT2D eigenvalue weighted by Gasteiger charge is 2.29. The highest BCUT2D eigenvalue weighted by molar-refractivity contribution is 6.58. The van der Waals surface area contributed by atoms with Gasteiger partial charge in [-0.25, -0.2) is 8.78 Å². The Labute approximate surface area is 253 Å². The highest BCUT2D eigenvalue weighted by atomic mass is 19.4. The molecule has 2 aromatic rings. The molecule has 10 N–H and O–H groups in total. The monoisotopic (exact) mass is 634 g/mol. The van der Waals surface area contributed by atoms with Gasteiger partial charge in [0.15, 0.2) is 11.6 Å². The predicted octanol–water partition coefficient (Wildman–Crippen LogP) is 0.109. The minimum atomic E-state index is -4.22. The number of carbonyl (C=O) groups is 3. The molecule has 0 spiro atoms. The Morgan fingerprint density at radius 1 is 1.07 bits per heavy atom. The van der Waals surface area contributed by atoms with Gasteiger partial charge in [-0.1, -0.05) is 19.1 Å². The van der Waals surface area contributed by atoms with Crippen LogP contribution in [0.1, 0.15) is 30.9 Å². The van der Waals surface area contributed by atoms with Gasteiger partial charge >= 0.3 is 13.3 Å². The fraction of sp³-hybridized carbons (Fsp3) is 0.444. The zero-order valence-corrected chi connectivity index (χ0v) is 24.5. The molecular formula is C27H40BF5N6O5. The van der Waals surface area contributed by atoms with Gasteiger partial charge in [-0.3, -0.25) is 9.59 Å². The Morgan fingerprint density at radius 2 is 1.64 bits per heavy atom. The molecule has 0 bridgehead atoms. The molecule has 2 amide bonds. The van der Waals surface area contributed by atoms with Crippen LogP contribution in [0.5, 0.6) is 0 Å². The number of alkyl halides is 3. The van der Waals surface area contributed by atoms with Crippen LogP contribution in [-0.2, 0) is 27.0 Å². The second-order valence-corrected chi connectivity index (χ2v) is 9.05. The first-order valence-electron chi connectivity index (χ1n) is 13.5. The quantitative estimate of drug-likeness (QED) is 0.0909.